The molecule has 0 bridgehead atoms. The third kappa shape index (κ3) is 2.88. The molecular formula is C19H16ClNO2. The average molecular weight is 326 g/mol. The van der Waals surface area contributed by atoms with E-state index in [1.54, 1.807) is 23.1 Å². The van der Waals surface area contributed by atoms with Crippen LogP contribution in [0.3, 0.4) is 0 Å². The van der Waals surface area contributed by atoms with Crippen LogP contribution in [0.4, 0.5) is 5.69 Å². The SMILES string of the molecule is C/C(O)=C1\C=CC(c2ccccc2)N(c2ccccc2Cl)C1=O. The standard InChI is InChI=1S/C19H16ClNO2/c1-13(22)15-11-12-17(14-7-3-2-4-8-14)21(19(15)23)18-10-6-5-9-16(18)20/h2-12,17,22H,1H3/b15-13-. The van der Waals surface area contributed by atoms with Crippen LogP contribution in [-0.4, -0.2) is 11.0 Å². The highest BCUT2D eigenvalue weighted by Crippen LogP contribution is 2.37. The fourth-order valence-electron chi connectivity index (χ4n) is 2.69. The Morgan fingerprint density at radius 2 is 1.74 bits per heavy atom. The Morgan fingerprint density at radius 3 is 2.39 bits per heavy atom. The fraction of sp³-hybridized carbons (Fsp3) is 0.105. The number of nitrogens with zero attached hydrogens (tertiary/aromatic N) is 1. The maximum Gasteiger partial charge on any atom is 0.262 e. The first-order valence-corrected chi connectivity index (χ1v) is 7.68. The van der Waals surface area contributed by atoms with Crippen molar-refractivity contribution < 1.29 is 9.90 Å². The van der Waals surface area contributed by atoms with E-state index in [9.17, 15) is 9.90 Å². The van der Waals surface area contributed by atoms with Gasteiger partial charge in [-0.1, -0.05) is 60.1 Å². The van der Waals surface area contributed by atoms with Gasteiger partial charge in [0.05, 0.1) is 22.3 Å². The number of hydrogen-bond donors (Lipinski definition) is 1. The van der Waals surface area contributed by atoms with Gasteiger partial charge in [0.1, 0.15) is 5.76 Å². The molecule has 3 rings (SSSR count). The van der Waals surface area contributed by atoms with Gasteiger partial charge >= 0.3 is 0 Å². The first-order valence-electron chi connectivity index (χ1n) is 7.30. The van der Waals surface area contributed by atoms with E-state index in [4.69, 9.17) is 11.6 Å². The summed E-state index contributed by atoms with van der Waals surface area (Å²) in [5.41, 5.74) is 1.87. The van der Waals surface area contributed by atoms with Crippen LogP contribution in [0, 0.1) is 0 Å². The van der Waals surface area contributed by atoms with Gasteiger partial charge in [-0.2, -0.15) is 0 Å². The summed E-state index contributed by atoms with van der Waals surface area (Å²) >= 11 is 6.31. The van der Waals surface area contributed by atoms with E-state index >= 15 is 0 Å². The Bertz CT molecular complexity index is 792. The molecule has 2 aromatic rings. The van der Waals surface area contributed by atoms with E-state index < -0.39 is 0 Å². The van der Waals surface area contributed by atoms with E-state index in [1.165, 1.54) is 6.92 Å². The molecule has 0 spiro atoms. The number of aliphatic hydroxyl groups excluding tert-OH is 1. The Hall–Kier alpha value is -2.52. The normalized spacial score (nSPS) is 19.8. The van der Waals surface area contributed by atoms with Gasteiger partial charge in [-0.05, 0) is 30.7 Å². The molecule has 0 saturated heterocycles. The average Bonchev–Trinajstić information content (AvgIpc) is 2.56. The lowest BCUT2D eigenvalue weighted by molar-refractivity contribution is -0.115. The summed E-state index contributed by atoms with van der Waals surface area (Å²) < 4.78 is 0. The lowest BCUT2D eigenvalue weighted by Gasteiger charge is -2.34. The molecule has 1 N–H and O–H groups in total. The van der Waals surface area contributed by atoms with Crippen molar-refractivity contribution in [1.29, 1.82) is 0 Å². The molecule has 2 aromatic carbocycles. The summed E-state index contributed by atoms with van der Waals surface area (Å²) in [6, 6.07) is 16.7. The van der Waals surface area contributed by atoms with Crippen molar-refractivity contribution in [2.75, 3.05) is 4.90 Å². The first kappa shape index (κ1) is 15.4. The van der Waals surface area contributed by atoms with Crippen LogP contribution in [0.15, 0.2) is 78.1 Å². The predicted molar refractivity (Wildman–Crippen MR) is 92.6 cm³/mol. The van der Waals surface area contributed by atoms with Crippen LogP contribution < -0.4 is 4.90 Å². The zero-order valence-corrected chi connectivity index (χ0v) is 13.4. The summed E-state index contributed by atoms with van der Waals surface area (Å²) in [6.07, 6.45) is 3.57. The van der Waals surface area contributed by atoms with Crippen LogP contribution in [0.1, 0.15) is 18.5 Å². The zero-order chi connectivity index (χ0) is 16.4. The molecule has 0 radical (unpaired) electrons. The predicted octanol–water partition coefficient (Wildman–Crippen LogP) is 4.82. The highest BCUT2D eigenvalue weighted by Gasteiger charge is 2.32. The quantitative estimate of drug-likeness (QED) is 0.635. The number of anilines is 1. The second-order valence-electron chi connectivity index (χ2n) is 5.34. The van der Waals surface area contributed by atoms with Crippen LogP contribution in [0.2, 0.25) is 5.02 Å². The smallest absolute Gasteiger partial charge is 0.262 e. The number of hydrogen-bond acceptors (Lipinski definition) is 2. The molecule has 1 aliphatic rings. The monoisotopic (exact) mass is 325 g/mol. The summed E-state index contributed by atoms with van der Waals surface area (Å²) in [5, 5.41) is 10.3. The number of allylic oxidation sites excluding steroid dienone is 1. The van der Waals surface area contributed by atoms with Crippen molar-refractivity contribution in [2.24, 2.45) is 0 Å². The number of carbonyl (C=O) groups excluding carboxylic acids is 1. The van der Waals surface area contributed by atoms with Gasteiger partial charge in [-0.25, -0.2) is 0 Å². The van der Waals surface area contributed by atoms with Gasteiger partial charge in [-0.15, -0.1) is 0 Å². The maximum atomic E-state index is 12.9. The minimum absolute atomic E-state index is 0.00480. The molecule has 1 aliphatic heterocycles. The molecule has 4 heteroatoms. The molecule has 1 atom stereocenters. The Morgan fingerprint density at radius 1 is 1.09 bits per heavy atom. The van der Waals surface area contributed by atoms with E-state index in [1.807, 2.05) is 48.5 Å². The van der Waals surface area contributed by atoms with Crippen molar-refractivity contribution in [1.82, 2.24) is 0 Å². The summed E-state index contributed by atoms with van der Waals surface area (Å²) in [6.45, 7) is 1.51. The molecule has 116 valence electrons. The van der Waals surface area contributed by atoms with Crippen LogP contribution in [-0.2, 0) is 4.79 Å². The number of benzene rings is 2. The Balaban J connectivity index is 2.18. The molecule has 0 fully saturated rings. The van der Waals surface area contributed by atoms with E-state index in [-0.39, 0.29) is 23.3 Å². The van der Waals surface area contributed by atoms with Crippen molar-refractivity contribution in [3.63, 3.8) is 0 Å². The summed E-state index contributed by atoms with van der Waals surface area (Å²) in [7, 11) is 0. The molecule has 1 amide bonds. The van der Waals surface area contributed by atoms with Gasteiger partial charge in [0, 0.05) is 0 Å². The van der Waals surface area contributed by atoms with E-state index in [0.717, 1.165) is 5.56 Å². The van der Waals surface area contributed by atoms with Crippen LogP contribution >= 0.6 is 11.6 Å². The number of aliphatic hydroxyl groups is 1. The molecule has 23 heavy (non-hydrogen) atoms. The molecule has 0 saturated carbocycles. The second-order valence-corrected chi connectivity index (χ2v) is 5.75. The molecule has 3 nitrogen and oxygen atoms in total. The third-order valence-electron chi connectivity index (χ3n) is 3.82. The summed E-state index contributed by atoms with van der Waals surface area (Å²) in [4.78, 5) is 14.5. The Labute approximate surface area is 140 Å². The fourth-order valence-corrected chi connectivity index (χ4v) is 2.92. The zero-order valence-electron chi connectivity index (χ0n) is 12.6. The van der Waals surface area contributed by atoms with Gasteiger partial charge < -0.3 is 5.11 Å². The second kappa shape index (κ2) is 6.31. The third-order valence-corrected chi connectivity index (χ3v) is 4.14. The number of halogens is 1. The number of rotatable bonds is 2. The first-order chi connectivity index (χ1) is 11.1. The Kier molecular flexibility index (Phi) is 4.22. The van der Waals surface area contributed by atoms with E-state index in [0.29, 0.717) is 10.7 Å². The highest BCUT2D eigenvalue weighted by molar-refractivity contribution is 6.34. The largest absolute Gasteiger partial charge is 0.512 e. The summed E-state index contributed by atoms with van der Waals surface area (Å²) in [5.74, 6) is -0.274. The molecular weight excluding hydrogens is 310 g/mol. The van der Waals surface area contributed by atoms with Crippen molar-refractivity contribution in [3.05, 3.63) is 88.7 Å². The van der Waals surface area contributed by atoms with E-state index in [2.05, 4.69) is 0 Å². The van der Waals surface area contributed by atoms with Crippen molar-refractivity contribution >= 4 is 23.2 Å². The van der Waals surface area contributed by atoms with Gasteiger partial charge in [0.15, 0.2) is 0 Å². The van der Waals surface area contributed by atoms with Crippen LogP contribution in [0.5, 0.6) is 0 Å². The lowest BCUT2D eigenvalue weighted by Crippen LogP contribution is -2.38. The number of carbonyl (C=O) groups is 1. The maximum absolute atomic E-state index is 12.9. The van der Waals surface area contributed by atoms with Gasteiger partial charge in [0.25, 0.3) is 5.91 Å². The molecule has 0 aromatic heterocycles. The van der Waals surface area contributed by atoms with Crippen molar-refractivity contribution in [3.8, 4) is 0 Å². The molecule has 1 unspecified atom stereocenters. The van der Waals surface area contributed by atoms with Gasteiger partial charge in [-0.3, -0.25) is 9.69 Å². The van der Waals surface area contributed by atoms with Gasteiger partial charge in [0.2, 0.25) is 0 Å². The lowest BCUT2D eigenvalue weighted by atomic mass is 9.97. The number of para-hydroxylation sites is 1. The highest BCUT2D eigenvalue weighted by atomic mass is 35.5. The van der Waals surface area contributed by atoms with Crippen LogP contribution in [0.25, 0.3) is 0 Å². The minimum Gasteiger partial charge on any atom is -0.512 e. The topological polar surface area (TPSA) is 40.5 Å². The molecule has 1 heterocycles. The number of amides is 1. The minimum atomic E-state index is -0.272. The molecule has 0 aliphatic carbocycles. The van der Waals surface area contributed by atoms with Crippen molar-refractivity contribution in [2.45, 2.75) is 13.0 Å².